The Labute approximate surface area is 114 Å². The van der Waals surface area contributed by atoms with Crippen molar-refractivity contribution in [2.45, 2.75) is 26.7 Å². The fraction of sp³-hybridized carbons (Fsp3) is 0.467. The number of carbonyl (C=O) groups is 1. The van der Waals surface area contributed by atoms with Gasteiger partial charge in [-0.3, -0.25) is 4.79 Å². The molecule has 0 heterocycles. The summed E-state index contributed by atoms with van der Waals surface area (Å²) >= 11 is 0. The maximum absolute atomic E-state index is 12.7. The standard InChI is InChI=1S/C15H21N3O/c1-4-15(5-2,11-17)14(19)18(3)13-9-7-6-8-12(13)10-16/h6-9H,4-5,11,17H2,1-3H3. The molecule has 0 aliphatic rings. The molecule has 4 nitrogen and oxygen atoms in total. The van der Waals surface area contributed by atoms with E-state index in [1.54, 1.807) is 30.1 Å². The smallest absolute Gasteiger partial charge is 0.234 e. The zero-order chi connectivity index (χ0) is 14.5. The van der Waals surface area contributed by atoms with Crippen molar-refractivity contribution in [3.8, 4) is 6.07 Å². The summed E-state index contributed by atoms with van der Waals surface area (Å²) in [5.74, 6) is -0.0253. The number of amides is 1. The zero-order valence-electron chi connectivity index (χ0n) is 11.8. The van der Waals surface area contributed by atoms with Gasteiger partial charge in [0.05, 0.1) is 16.7 Å². The third kappa shape index (κ3) is 2.77. The summed E-state index contributed by atoms with van der Waals surface area (Å²) in [5, 5.41) is 9.11. The number of benzene rings is 1. The van der Waals surface area contributed by atoms with Crippen molar-refractivity contribution in [2.75, 3.05) is 18.5 Å². The third-order valence-corrected chi connectivity index (χ3v) is 3.89. The first kappa shape index (κ1) is 15.2. The van der Waals surface area contributed by atoms with Crippen LogP contribution in [0.25, 0.3) is 0 Å². The Hall–Kier alpha value is -1.86. The van der Waals surface area contributed by atoms with E-state index in [4.69, 9.17) is 11.0 Å². The topological polar surface area (TPSA) is 70.1 Å². The van der Waals surface area contributed by atoms with Crippen LogP contribution in [0, 0.1) is 16.7 Å². The fourth-order valence-corrected chi connectivity index (χ4v) is 2.25. The number of carbonyl (C=O) groups excluding carboxylic acids is 1. The summed E-state index contributed by atoms with van der Waals surface area (Å²) in [6.07, 6.45) is 1.38. The van der Waals surface area contributed by atoms with E-state index < -0.39 is 5.41 Å². The van der Waals surface area contributed by atoms with E-state index in [1.807, 2.05) is 19.9 Å². The van der Waals surface area contributed by atoms with E-state index in [1.165, 1.54) is 0 Å². The van der Waals surface area contributed by atoms with Gasteiger partial charge in [0.25, 0.3) is 0 Å². The molecule has 1 aromatic carbocycles. The quantitative estimate of drug-likeness (QED) is 0.882. The minimum absolute atomic E-state index is 0.0253. The van der Waals surface area contributed by atoms with Crippen LogP contribution in [0.2, 0.25) is 0 Å². The molecule has 0 fully saturated rings. The van der Waals surface area contributed by atoms with Gasteiger partial charge < -0.3 is 10.6 Å². The predicted octanol–water partition coefficient (Wildman–Crippen LogP) is 2.29. The maximum Gasteiger partial charge on any atom is 0.234 e. The molecule has 1 aromatic rings. The molecule has 0 aromatic heterocycles. The van der Waals surface area contributed by atoms with E-state index in [0.29, 0.717) is 30.6 Å². The number of nitriles is 1. The molecule has 0 saturated carbocycles. The lowest BCUT2D eigenvalue weighted by Crippen LogP contribution is -2.46. The minimum atomic E-state index is -0.544. The van der Waals surface area contributed by atoms with Gasteiger partial charge in [-0.15, -0.1) is 0 Å². The average molecular weight is 259 g/mol. The highest BCUT2D eigenvalue weighted by atomic mass is 16.2. The third-order valence-electron chi connectivity index (χ3n) is 3.89. The molecule has 1 rings (SSSR count). The molecule has 0 aliphatic carbocycles. The molecule has 0 spiro atoms. The van der Waals surface area contributed by atoms with Gasteiger partial charge in [-0.1, -0.05) is 26.0 Å². The van der Waals surface area contributed by atoms with Gasteiger partial charge in [0, 0.05) is 13.6 Å². The van der Waals surface area contributed by atoms with Crippen molar-refractivity contribution in [3.63, 3.8) is 0 Å². The summed E-state index contributed by atoms with van der Waals surface area (Å²) in [4.78, 5) is 14.2. The summed E-state index contributed by atoms with van der Waals surface area (Å²) in [5.41, 5.74) is 6.39. The molecule has 2 N–H and O–H groups in total. The first-order valence-corrected chi connectivity index (χ1v) is 6.53. The molecule has 0 radical (unpaired) electrons. The second-order valence-electron chi connectivity index (χ2n) is 4.68. The molecule has 4 heteroatoms. The molecule has 102 valence electrons. The fourth-order valence-electron chi connectivity index (χ4n) is 2.25. The van der Waals surface area contributed by atoms with E-state index >= 15 is 0 Å². The highest BCUT2D eigenvalue weighted by Gasteiger charge is 2.36. The van der Waals surface area contributed by atoms with Crippen LogP contribution in [0.4, 0.5) is 5.69 Å². The summed E-state index contributed by atoms with van der Waals surface area (Å²) < 4.78 is 0. The first-order chi connectivity index (χ1) is 9.06. The number of nitrogens with two attached hydrogens (primary N) is 1. The van der Waals surface area contributed by atoms with Crippen molar-refractivity contribution in [1.82, 2.24) is 0 Å². The lowest BCUT2D eigenvalue weighted by Gasteiger charge is -2.33. The SMILES string of the molecule is CCC(CC)(CN)C(=O)N(C)c1ccccc1C#N. The van der Waals surface area contributed by atoms with Gasteiger partial charge in [-0.25, -0.2) is 0 Å². The molecule has 0 atom stereocenters. The molecule has 0 unspecified atom stereocenters. The van der Waals surface area contributed by atoms with E-state index in [9.17, 15) is 4.79 Å². The highest BCUT2D eigenvalue weighted by molar-refractivity contribution is 5.98. The van der Waals surface area contributed by atoms with E-state index in [-0.39, 0.29) is 5.91 Å². The average Bonchev–Trinajstić information content (AvgIpc) is 2.48. The molecular formula is C15H21N3O. The van der Waals surface area contributed by atoms with Crippen LogP contribution < -0.4 is 10.6 Å². The van der Waals surface area contributed by atoms with Gasteiger partial charge in [-0.05, 0) is 25.0 Å². The summed E-state index contributed by atoms with van der Waals surface area (Å²) in [6, 6.07) is 9.21. The van der Waals surface area contributed by atoms with Crippen molar-refractivity contribution in [3.05, 3.63) is 29.8 Å². The van der Waals surface area contributed by atoms with Gasteiger partial charge in [0.15, 0.2) is 0 Å². The zero-order valence-corrected chi connectivity index (χ0v) is 11.8. The van der Waals surface area contributed by atoms with Gasteiger partial charge >= 0.3 is 0 Å². The Morgan fingerprint density at radius 1 is 1.37 bits per heavy atom. The van der Waals surface area contributed by atoms with Crippen LogP contribution in [0.1, 0.15) is 32.3 Å². The molecule has 0 saturated heterocycles. The second-order valence-corrected chi connectivity index (χ2v) is 4.68. The molecule has 1 amide bonds. The van der Waals surface area contributed by atoms with Crippen LogP contribution >= 0.6 is 0 Å². The number of hydrogen-bond acceptors (Lipinski definition) is 3. The Morgan fingerprint density at radius 2 is 1.95 bits per heavy atom. The summed E-state index contributed by atoms with van der Waals surface area (Å²) in [6.45, 7) is 4.26. The van der Waals surface area contributed by atoms with Crippen LogP contribution in [0.3, 0.4) is 0 Å². The minimum Gasteiger partial charge on any atom is -0.329 e. The molecule has 19 heavy (non-hydrogen) atoms. The normalized spacial score (nSPS) is 10.9. The van der Waals surface area contributed by atoms with Crippen LogP contribution in [0.15, 0.2) is 24.3 Å². The van der Waals surface area contributed by atoms with Crippen molar-refractivity contribution >= 4 is 11.6 Å². The maximum atomic E-state index is 12.7. The lowest BCUT2D eigenvalue weighted by molar-refractivity contribution is -0.127. The number of anilines is 1. The van der Waals surface area contributed by atoms with E-state index in [0.717, 1.165) is 0 Å². The van der Waals surface area contributed by atoms with Crippen molar-refractivity contribution < 1.29 is 4.79 Å². The number of rotatable bonds is 5. The number of hydrogen-bond donors (Lipinski definition) is 1. The largest absolute Gasteiger partial charge is 0.329 e. The predicted molar refractivity (Wildman–Crippen MR) is 76.6 cm³/mol. The Balaban J connectivity index is 3.16. The number of nitrogens with zero attached hydrogens (tertiary/aromatic N) is 2. The van der Waals surface area contributed by atoms with E-state index in [2.05, 4.69) is 6.07 Å². The lowest BCUT2D eigenvalue weighted by atomic mass is 9.81. The van der Waals surface area contributed by atoms with Gasteiger partial charge in [0.1, 0.15) is 6.07 Å². The first-order valence-electron chi connectivity index (χ1n) is 6.53. The number of para-hydroxylation sites is 1. The van der Waals surface area contributed by atoms with Crippen molar-refractivity contribution in [1.29, 1.82) is 5.26 Å². The van der Waals surface area contributed by atoms with Crippen molar-refractivity contribution in [2.24, 2.45) is 11.1 Å². The molecule has 0 aliphatic heterocycles. The van der Waals surface area contributed by atoms with Crippen LogP contribution in [-0.2, 0) is 4.79 Å². The Kier molecular flexibility index (Phi) is 5.08. The van der Waals surface area contributed by atoms with Gasteiger partial charge in [0.2, 0.25) is 5.91 Å². The van der Waals surface area contributed by atoms with Crippen LogP contribution in [0.5, 0.6) is 0 Å². The summed E-state index contributed by atoms with van der Waals surface area (Å²) in [7, 11) is 1.70. The molecular weight excluding hydrogens is 238 g/mol. The monoisotopic (exact) mass is 259 g/mol. The Bertz CT molecular complexity index is 478. The van der Waals surface area contributed by atoms with Gasteiger partial charge in [-0.2, -0.15) is 5.26 Å². The van der Waals surface area contributed by atoms with Crippen LogP contribution in [-0.4, -0.2) is 19.5 Å². The Morgan fingerprint density at radius 3 is 2.42 bits per heavy atom. The second kappa shape index (κ2) is 6.35. The molecule has 0 bridgehead atoms. The highest BCUT2D eigenvalue weighted by Crippen LogP contribution is 2.30.